The number of alkyl halides is 1. The molecule has 2 aliphatic rings. The van der Waals surface area contributed by atoms with Gasteiger partial charge in [-0.05, 0) is 48.8 Å². The Morgan fingerprint density at radius 3 is 2.95 bits per heavy atom. The molecule has 1 spiro atoms. The lowest BCUT2D eigenvalue weighted by atomic mass is 10.2. The number of fused-ring (bicyclic) bond motifs is 1. The van der Waals surface area contributed by atoms with E-state index in [0.717, 1.165) is 29.3 Å². The molecule has 1 unspecified atom stereocenters. The molecule has 4 rings (SSSR count). The summed E-state index contributed by atoms with van der Waals surface area (Å²) in [4.78, 5) is 16.3. The molecule has 1 heterocycles. The average Bonchev–Trinajstić information content (AvgIpc) is 3.40. The van der Waals surface area contributed by atoms with Crippen LogP contribution >= 0.6 is 11.6 Å². The summed E-state index contributed by atoms with van der Waals surface area (Å²) in [5.41, 5.74) is 3.07. The smallest absolute Gasteiger partial charge is 0.337 e. The minimum absolute atomic E-state index is 0.317. The molecule has 4 nitrogen and oxygen atoms in total. The van der Waals surface area contributed by atoms with E-state index in [2.05, 4.69) is 9.55 Å². The predicted molar refractivity (Wildman–Crippen MR) is 80.4 cm³/mol. The Kier molecular flexibility index (Phi) is 2.80. The van der Waals surface area contributed by atoms with E-state index in [9.17, 15) is 4.79 Å². The van der Waals surface area contributed by atoms with E-state index in [4.69, 9.17) is 16.3 Å². The van der Waals surface area contributed by atoms with Crippen LogP contribution in [-0.4, -0.2) is 22.6 Å². The van der Waals surface area contributed by atoms with E-state index in [-0.39, 0.29) is 5.97 Å². The maximum atomic E-state index is 11.7. The van der Waals surface area contributed by atoms with Crippen LogP contribution in [-0.2, 0) is 17.2 Å². The molecule has 1 aromatic heterocycles. The Morgan fingerprint density at radius 2 is 2.33 bits per heavy atom. The third-order valence-electron chi connectivity index (χ3n) is 5.02. The zero-order chi connectivity index (χ0) is 14.6. The van der Waals surface area contributed by atoms with Crippen molar-refractivity contribution in [3.05, 3.63) is 29.6 Å². The number of rotatable bonds is 4. The van der Waals surface area contributed by atoms with Crippen molar-refractivity contribution in [2.75, 3.05) is 7.11 Å². The minimum atomic E-state index is -0.317. The predicted octanol–water partition coefficient (Wildman–Crippen LogP) is 3.36. The summed E-state index contributed by atoms with van der Waals surface area (Å²) >= 11 is 6.05. The number of methoxy groups -OCH3 is 1. The van der Waals surface area contributed by atoms with Crippen molar-refractivity contribution in [1.29, 1.82) is 0 Å². The second-order valence-electron chi connectivity index (χ2n) is 6.23. The lowest BCUT2D eigenvalue weighted by molar-refractivity contribution is 0.0601. The molecule has 0 N–H and O–H groups in total. The van der Waals surface area contributed by atoms with Gasteiger partial charge in [-0.3, -0.25) is 0 Å². The topological polar surface area (TPSA) is 44.1 Å². The van der Waals surface area contributed by atoms with Gasteiger partial charge in [-0.1, -0.05) is 0 Å². The summed E-state index contributed by atoms with van der Waals surface area (Å²) in [6.07, 6.45) is 4.06. The van der Waals surface area contributed by atoms with Crippen molar-refractivity contribution in [1.82, 2.24) is 9.55 Å². The molecule has 1 atom stereocenters. The van der Waals surface area contributed by atoms with Gasteiger partial charge < -0.3 is 9.30 Å². The van der Waals surface area contributed by atoms with Crippen LogP contribution in [0.1, 0.15) is 35.4 Å². The SMILES string of the molecule is COC(=O)c1ccc2nc(CCl)n(CC3CC34CC4)c2c1. The molecule has 5 heteroatoms. The summed E-state index contributed by atoms with van der Waals surface area (Å²) in [5, 5.41) is 0. The van der Waals surface area contributed by atoms with Gasteiger partial charge in [0.25, 0.3) is 0 Å². The van der Waals surface area contributed by atoms with Crippen LogP contribution in [0.5, 0.6) is 0 Å². The monoisotopic (exact) mass is 304 g/mol. The molecule has 2 fully saturated rings. The van der Waals surface area contributed by atoms with Gasteiger partial charge in [-0.2, -0.15) is 0 Å². The number of ether oxygens (including phenoxy) is 1. The van der Waals surface area contributed by atoms with E-state index in [0.29, 0.717) is 16.9 Å². The van der Waals surface area contributed by atoms with Gasteiger partial charge in [0.05, 0.1) is 29.6 Å². The maximum Gasteiger partial charge on any atom is 0.337 e. The fourth-order valence-corrected chi connectivity index (χ4v) is 3.61. The molecule has 0 aliphatic heterocycles. The van der Waals surface area contributed by atoms with Crippen LogP contribution in [0.3, 0.4) is 0 Å². The number of carbonyl (C=O) groups is 1. The Balaban J connectivity index is 1.75. The van der Waals surface area contributed by atoms with E-state index >= 15 is 0 Å². The van der Waals surface area contributed by atoms with Crippen LogP contribution in [0.15, 0.2) is 18.2 Å². The summed E-state index contributed by atoms with van der Waals surface area (Å²) in [6, 6.07) is 5.49. The number of hydrogen-bond acceptors (Lipinski definition) is 3. The Labute approximate surface area is 128 Å². The highest BCUT2D eigenvalue weighted by Crippen LogP contribution is 2.71. The molecule has 0 bridgehead atoms. The first kappa shape index (κ1) is 13.1. The van der Waals surface area contributed by atoms with Gasteiger partial charge in [0.1, 0.15) is 5.82 Å². The number of nitrogens with zero attached hydrogens (tertiary/aromatic N) is 2. The number of benzene rings is 1. The van der Waals surface area contributed by atoms with Gasteiger partial charge in [0.2, 0.25) is 0 Å². The molecule has 21 heavy (non-hydrogen) atoms. The van der Waals surface area contributed by atoms with Crippen molar-refractivity contribution in [2.24, 2.45) is 11.3 Å². The fraction of sp³-hybridized carbons (Fsp3) is 0.500. The van der Waals surface area contributed by atoms with Crippen molar-refractivity contribution < 1.29 is 9.53 Å². The molecular weight excluding hydrogens is 288 g/mol. The lowest BCUT2D eigenvalue weighted by Crippen LogP contribution is -2.06. The first-order chi connectivity index (χ1) is 10.2. The Hall–Kier alpha value is -1.55. The molecule has 1 aromatic carbocycles. The third-order valence-corrected chi connectivity index (χ3v) is 5.26. The van der Waals surface area contributed by atoms with Crippen LogP contribution in [0.4, 0.5) is 0 Å². The zero-order valence-corrected chi connectivity index (χ0v) is 12.7. The molecule has 0 saturated heterocycles. The highest BCUT2D eigenvalue weighted by atomic mass is 35.5. The molecule has 2 saturated carbocycles. The van der Waals surface area contributed by atoms with Crippen molar-refractivity contribution in [3.8, 4) is 0 Å². The van der Waals surface area contributed by atoms with Gasteiger partial charge in [-0.25, -0.2) is 9.78 Å². The molecule has 2 aliphatic carbocycles. The first-order valence-corrected chi connectivity index (χ1v) is 7.84. The molecular formula is C16H17ClN2O2. The van der Waals surface area contributed by atoms with Crippen molar-refractivity contribution in [2.45, 2.75) is 31.7 Å². The Bertz CT molecular complexity index is 733. The van der Waals surface area contributed by atoms with E-state index < -0.39 is 0 Å². The fourth-order valence-electron chi connectivity index (χ4n) is 3.41. The van der Waals surface area contributed by atoms with E-state index in [1.165, 1.54) is 26.4 Å². The largest absolute Gasteiger partial charge is 0.465 e. The average molecular weight is 305 g/mol. The summed E-state index contributed by atoms with van der Waals surface area (Å²) in [5.74, 6) is 1.71. The number of esters is 1. The maximum absolute atomic E-state index is 11.7. The van der Waals surface area contributed by atoms with Gasteiger partial charge in [-0.15, -0.1) is 11.6 Å². The summed E-state index contributed by atoms with van der Waals surface area (Å²) < 4.78 is 6.99. The summed E-state index contributed by atoms with van der Waals surface area (Å²) in [6.45, 7) is 0.961. The normalized spacial score (nSPS) is 21.7. The molecule has 110 valence electrons. The molecule has 0 amide bonds. The molecule has 0 radical (unpaired) electrons. The van der Waals surface area contributed by atoms with Crippen LogP contribution in [0.2, 0.25) is 0 Å². The van der Waals surface area contributed by atoms with Crippen molar-refractivity contribution >= 4 is 28.6 Å². The molecule has 2 aromatic rings. The highest BCUT2D eigenvalue weighted by Gasteiger charge is 2.62. The highest BCUT2D eigenvalue weighted by molar-refractivity contribution is 6.16. The standard InChI is InChI=1S/C16H17ClN2O2/c1-21-15(20)10-2-3-12-13(6-10)19(14(8-17)18-12)9-11-7-16(11)4-5-16/h2-3,6,11H,4-5,7-9H2,1H3. The van der Waals surface area contributed by atoms with E-state index in [1.807, 2.05) is 12.1 Å². The van der Waals surface area contributed by atoms with Gasteiger partial charge in [0.15, 0.2) is 0 Å². The van der Waals surface area contributed by atoms with Crippen LogP contribution in [0.25, 0.3) is 11.0 Å². The zero-order valence-electron chi connectivity index (χ0n) is 11.9. The Morgan fingerprint density at radius 1 is 1.52 bits per heavy atom. The minimum Gasteiger partial charge on any atom is -0.465 e. The third kappa shape index (κ3) is 2.04. The number of hydrogen-bond donors (Lipinski definition) is 0. The van der Waals surface area contributed by atoms with E-state index in [1.54, 1.807) is 6.07 Å². The first-order valence-electron chi connectivity index (χ1n) is 7.30. The van der Waals surface area contributed by atoms with Crippen LogP contribution < -0.4 is 0 Å². The van der Waals surface area contributed by atoms with Crippen molar-refractivity contribution in [3.63, 3.8) is 0 Å². The summed E-state index contributed by atoms with van der Waals surface area (Å²) in [7, 11) is 1.40. The van der Waals surface area contributed by atoms with Gasteiger partial charge in [0, 0.05) is 6.54 Å². The lowest BCUT2D eigenvalue weighted by Gasteiger charge is -2.08. The number of aromatic nitrogens is 2. The van der Waals surface area contributed by atoms with Crippen LogP contribution in [0, 0.1) is 11.3 Å². The number of carbonyl (C=O) groups excluding carboxylic acids is 1. The van der Waals surface area contributed by atoms with Gasteiger partial charge >= 0.3 is 5.97 Å². The number of halogens is 1. The second kappa shape index (κ2) is 4.47. The number of imidazole rings is 1. The quantitative estimate of drug-likeness (QED) is 0.642. The second-order valence-corrected chi connectivity index (χ2v) is 6.50.